The van der Waals surface area contributed by atoms with Gasteiger partial charge in [-0.05, 0) is 39.0 Å². The van der Waals surface area contributed by atoms with Crippen molar-refractivity contribution in [2.24, 2.45) is 0 Å². The van der Waals surface area contributed by atoms with Crippen LogP contribution in [0.5, 0.6) is 0 Å². The van der Waals surface area contributed by atoms with Gasteiger partial charge in [0, 0.05) is 11.6 Å². The highest BCUT2D eigenvalue weighted by Crippen LogP contribution is 2.13. The summed E-state index contributed by atoms with van der Waals surface area (Å²) in [5.74, 6) is 0.353. The molecule has 2 rings (SSSR count). The van der Waals surface area contributed by atoms with Crippen molar-refractivity contribution >= 4 is 22.8 Å². The van der Waals surface area contributed by atoms with Gasteiger partial charge in [0.15, 0.2) is 0 Å². The van der Waals surface area contributed by atoms with Gasteiger partial charge in [0.25, 0.3) is 0 Å². The van der Waals surface area contributed by atoms with Crippen LogP contribution in [0.3, 0.4) is 0 Å². The van der Waals surface area contributed by atoms with Gasteiger partial charge in [0.1, 0.15) is 23.6 Å². The van der Waals surface area contributed by atoms with Crippen molar-refractivity contribution in [2.75, 3.05) is 11.9 Å². The van der Waals surface area contributed by atoms with Gasteiger partial charge in [0.2, 0.25) is 0 Å². The predicted molar refractivity (Wildman–Crippen MR) is 70.4 cm³/mol. The Balaban J connectivity index is 1.95. The summed E-state index contributed by atoms with van der Waals surface area (Å²) in [7, 11) is 0. The number of nitrogens with one attached hydrogen (secondary N) is 2. The van der Waals surface area contributed by atoms with Gasteiger partial charge < -0.3 is 15.0 Å². The second kappa shape index (κ2) is 4.68. The molecule has 0 saturated heterocycles. The fourth-order valence-electron chi connectivity index (χ4n) is 1.57. The highest BCUT2D eigenvalue weighted by Gasteiger charge is 2.15. The lowest BCUT2D eigenvalue weighted by Gasteiger charge is -2.19. The molecule has 0 amide bonds. The number of aromatic nitrogens is 2. The van der Waals surface area contributed by atoms with Crippen LogP contribution in [0.1, 0.15) is 20.8 Å². The zero-order valence-corrected chi connectivity index (χ0v) is 10.8. The third-order valence-electron chi connectivity index (χ3n) is 2.24. The summed E-state index contributed by atoms with van der Waals surface area (Å²) in [6.45, 7) is 5.63. The topological polar surface area (TPSA) is 67.0 Å². The molecule has 2 aromatic heterocycles. The monoisotopic (exact) mass is 247 g/mol. The summed E-state index contributed by atoms with van der Waals surface area (Å²) in [6.07, 6.45) is 1.83. The lowest BCUT2D eigenvalue weighted by atomic mass is 10.2. The van der Waals surface area contributed by atoms with Gasteiger partial charge >= 0.3 is 5.97 Å². The minimum Gasteiger partial charge on any atom is -0.459 e. The van der Waals surface area contributed by atoms with Crippen molar-refractivity contribution in [3.8, 4) is 0 Å². The molecule has 2 N–H and O–H groups in total. The highest BCUT2D eigenvalue weighted by molar-refractivity contribution is 5.79. The molecule has 0 aliphatic rings. The molecule has 18 heavy (non-hydrogen) atoms. The van der Waals surface area contributed by atoms with E-state index in [1.807, 2.05) is 45.2 Å². The Bertz CT molecular complexity index is 555. The number of carbonyl (C=O) groups excluding carboxylic acids is 1. The second-order valence-electron chi connectivity index (χ2n) is 5.05. The Labute approximate surface area is 106 Å². The average Bonchev–Trinajstić information content (AvgIpc) is 2.71. The Morgan fingerprint density at radius 3 is 2.89 bits per heavy atom. The van der Waals surface area contributed by atoms with E-state index < -0.39 is 5.60 Å². The van der Waals surface area contributed by atoms with Crippen molar-refractivity contribution in [1.29, 1.82) is 0 Å². The van der Waals surface area contributed by atoms with E-state index in [0.717, 1.165) is 11.0 Å². The molecule has 0 aromatic carbocycles. The number of fused-ring (bicyclic) bond motifs is 1. The van der Waals surface area contributed by atoms with Crippen LogP contribution in [0.25, 0.3) is 11.0 Å². The molecule has 0 spiro atoms. The molecule has 0 radical (unpaired) electrons. The lowest BCUT2D eigenvalue weighted by Crippen LogP contribution is -2.28. The summed E-state index contributed by atoms with van der Waals surface area (Å²) in [5, 5.41) is 3.98. The molecule has 0 aliphatic heterocycles. The number of esters is 1. The molecular weight excluding hydrogens is 230 g/mol. The van der Waals surface area contributed by atoms with Crippen LogP contribution in [-0.4, -0.2) is 28.1 Å². The summed E-state index contributed by atoms with van der Waals surface area (Å²) in [4.78, 5) is 18.9. The zero-order chi connectivity index (χ0) is 13.2. The summed E-state index contributed by atoms with van der Waals surface area (Å²) >= 11 is 0. The molecule has 0 unspecified atom stereocenters. The van der Waals surface area contributed by atoms with Crippen molar-refractivity contribution < 1.29 is 9.53 Å². The second-order valence-corrected chi connectivity index (χ2v) is 5.05. The SMILES string of the molecule is CC(C)(C)OC(=O)CNc1ccc2cc[nH]c2n1. The molecule has 0 aliphatic carbocycles. The van der Waals surface area contributed by atoms with Crippen molar-refractivity contribution in [3.63, 3.8) is 0 Å². The Morgan fingerprint density at radius 1 is 1.39 bits per heavy atom. The van der Waals surface area contributed by atoms with Crippen LogP contribution < -0.4 is 5.32 Å². The molecule has 5 nitrogen and oxygen atoms in total. The van der Waals surface area contributed by atoms with E-state index in [9.17, 15) is 4.79 Å². The Hall–Kier alpha value is -2.04. The van der Waals surface area contributed by atoms with E-state index in [-0.39, 0.29) is 12.5 Å². The lowest BCUT2D eigenvalue weighted by molar-refractivity contribution is -0.152. The van der Waals surface area contributed by atoms with Gasteiger partial charge in [0.05, 0.1) is 0 Å². The number of hydrogen-bond donors (Lipinski definition) is 2. The van der Waals surface area contributed by atoms with Crippen LogP contribution in [0.15, 0.2) is 24.4 Å². The molecular formula is C13H17N3O2. The summed E-state index contributed by atoms with van der Waals surface area (Å²) < 4.78 is 5.19. The van der Waals surface area contributed by atoms with Crippen LogP contribution >= 0.6 is 0 Å². The number of aromatic amines is 1. The van der Waals surface area contributed by atoms with Gasteiger partial charge in [-0.2, -0.15) is 0 Å². The van der Waals surface area contributed by atoms with Crippen LogP contribution in [0.4, 0.5) is 5.82 Å². The van der Waals surface area contributed by atoms with E-state index in [1.54, 1.807) is 0 Å². The maximum Gasteiger partial charge on any atom is 0.325 e. The summed E-state index contributed by atoms with van der Waals surface area (Å²) in [5.41, 5.74) is 0.333. The normalized spacial score (nSPS) is 11.5. The fourth-order valence-corrected chi connectivity index (χ4v) is 1.57. The highest BCUT2D eigenvalue weighted by atomic mass is 16.6. The quantitative estimate of drug-likeness (QED) is 0.817. The Morgan fingerprint density at radius 2 is 2.17 bits per heavy atom. The van der Waals surface area contributed by atoms with Crippen LogP contribution in [0, 0.1) is 0 Å². The third-order valence-corrected chi connectivity index (χ3v) is 2.24. The molecule has 96 valence electrons. The maximum absolute atomic E-state index is 11.5. The number of ether oxygens (including phenoxy) is 1. The fraction of sp³-hybridized carbons (Fsp3) is 0.385. The molecule has 0 fully saturated rings. The predicted octanol–water partition coefficient (Wildman–Crippen LogP) is 2.32. The minimum absolute atomic E-state index is 0.108. The van der Waals surface area contributed by atoms with E-state index >= 15 is 0 Å². The number of anilines is 1. The number of nitrogens with zero attached hydrogens (tertiary/aromatic N) is 1. The van der Waals surface area contributed by atoms with E-state index in [1.165, 1.54) is 0 Å². The summed E-state index contributed by atoms with van der Waals surface area (Å²) in [6, 6.07) is 5.72. The zero-order valence-electron chi connectivity index (χ0n) is 10.8. The number of carbonyl (C=O) groups is 1. The van der Waals surface area contributed by atoms with Crippen LogP contribution in [-0.2, 0) is 9.53 Å². The average molecular weight is 247 g/mol. The van der Waals surface area contributed by atoms with Crippen molar-refractivity contribution in [3.05, 3.63) is 24.4 Å². The first-order valence-electron chi connectivity index (χ1n) is 5.84. The smallest absolute Gasteiger partial charge is 0.325 e. The maximum atomic E-state index is 11.5. The minimum atomic E-state index is -0.463. The van der Waals surface area contributed by atoms with Gasteiger partial charge in [-0.3, -0.25) is 4.79 Å². The van der Waals surface area contributed by atoms with Crippen molar-refractivity contribution in [2.45, 2.75) is 26.4 Å². The van der Waals surface area contributed by atoms with E-state index in [0.29, 0.717) is 5.82 Å². The molecule has 2 aromatic rings. The first-order valence-corrected chi connectivity index (χ1v) is 5.84. The standard InChI is InChI=1S/C13H17N3O2/c1-13(2,3)18-11(17)8-15-10-5-4-9-6-7-14-12(9)16-10/h4-7H,8H2,1-3H3,(H2,14,15,16). The third kappa shape index (κ3) is 3.23. The van der Waals surface area contributed by atoms with Gasteiger partial charge in [-0.15, -0.1) is 0 Å². The number of H-pyrrole nitrogens is 1. The number of rotatable bonds is 3. The molecule has 0 atom stereocenters. The first-order chi connectivity index (χ1) is 8.44. The number of hydrogen-bond acceptors (Lipinski definition) is 4. The van der Waals surface area contributed by atoms with Gasteiger partial charge in [-0.25, -0.2) is 4.98 Å². The molecule has 0 bridgehead atoms. The largest absolute Gasteiger partial charge is 0.459 e. The van der Waals surface area contributed by atoms with Gasteiger partial charge in [-0.1, -0.05) is 0 Å². The first kappa shape index (κ1) is 12.4. The number of pyridine rings is 1. The molecule has 2 heterocycles. The van der Waals surface area contributed by atoms with Crippen LogP contribution in [0.2, 0.25) is 0 Å². The van der Waals surface area contributed by atoms with E-state index in [4.69, 9.17) is 4.74 Å². The Kier molecular flexibility index (Phi) is 3.23. The molecule has 0 saturated carbocycles. The van der Waals surface area contributed by atoms with Crippen molar-refractivity contribution in [1.82, 2.24) is 9.97 Å². The van der Waals surface area contributed by atoms with E-state index in [2.05, 4.69) is 15.3 Å². The molecule has 5 heteroatoms.